The molecule has 0 aliphatic carbocycles. The van der Waals surface area contributed by atoms with Crippen LogP contribution in [0.1, 0.15) is 35.9 Å². The molecule has 0 aromatic carbocycles. The van der Waals surface area contributed by atoms with E-state index in [0.29, 0.717) is 28.9 Å². The number of hydrogen-bond acceptors (Lipinski definition) is 7. The first kappa shape index (κ1) is 23.2. The number of carbonyl (C=O) groups excluding carboxylic acids is 1. The van der Waals surface area contributed by atoms with E-state index in [4.69, 9.17) is 22.1 Å². The van der Waals surface area contributed by atoms with Gasteiger partial charge in [-0.1, -0.05) is 11.6 Å². The fourth-order valence-electron chi connectivity index (χ4n) is 4.21. The second-order valence-electron chi connectivity index (χ2n) is 7.93. The number of nitrogens with zero attached hydrogens (tertiary/aromatic N) is 4. The summed E-state index contributed by atoms with van der Waals surface area (Å²) < 4.78 is 6.38. The van der Waals surface area contributed by atoms with Crippen LogP contribution in [-0.2, 0) is 11.2 Å². The summed E-state index contributed by atoms with van der Waals surface area (Å²) in [6, 6.07) is 3.39. The number of nitrogen functional groups attached to an aromatic ring is 1. The Morgan fingerprint density at radius 1 is 1.40 bits per heavy atom. The predicted molar refractivity (Wildman–Crippen MR) is 122 cm³/mol. The highest BCUT2D eigenvalue weighted by Crippen LogP contribution is 2.33. The summed E-state index contributed by atoms with van der Waals surface area (Å²) in [5, 5.41) is 3.18. The van der Waals surface area contributed by atoms with Crippen LogP contribution in [0, 0.1) is 0 Å². The quantitative estimate of drug-likeness (QED) is 0.736. The lowest BCUT2D eigenvalue weighted by Crippen LogP contribution is -2.60. The zero-order valence-corrected chi connectivity index (χ0v) is 19.3. The number of ether oxygens (including phenoxy) is 1. The van der Waals surface area contributed by atoms with Crippen molar-refractivity contribution in [2.24, 2.45) is 0 Å². The molecule has 1 unspecified atom stereocenters. The SMILES string of the molecule is CC1CN(C(=O)c2ccc(Cl)cn2)CC2(CCN(CCc3csc(N)n3)CC2)O1.Cl. The standard InChI is InChI=1S/C20H26ClN5O2S.ClH/c1-14-11-26(18(27)17-3-2-15(21)10-23-17)13-20(28-14)5-8-25(9-6-20)7-4-16-12-29-19(22)24-16;/h2-3,10,12,14H,4-9,11,13H2,1H3,(H2,22,24);1H. The molecule has 4 rings (SSSR count). The molecule has 164 valence electrons. The Kier molecular flexibility index (Phi) is 7.57. The molecule has 7 nitrogen and oxygen atoms in total. The van der Waals surface area contributed by atoms with Gasteiger partial charge in [-0.25, -0.2) is 9.97 Å². The molecule has 10 heteroatoms. The van der Waals surface area contributed by atoms with Crippen LogP contribution in [0.3, 0.4) is 0 Å². The molecule has 0 saturated carbocycles. The smallest absolute Gasteiger partial charge is 0.272 e. The Bertz CT molecular complexity index is 855. The lowest BCUT2D eigenvalue weighted by atomic mass is 9.88. The third-order valence-electron chi connectivity index (χ3n) is 5.66. The van der Waals surface area contributed by atoms with Crippen molar-refractivity contribution in [1.82, 2.24) is 19.8 Å². The van der Waals surface area contributed by atoms with Crippen LogP contribution in [0.4, 0.5) is 5.13 Å². The van der Waals surface area contributed by atoms with Crippen molar-refractivity contribution < 1.29 is 9.53 Å². The Morgan fingerprint density at radius 3 is 2.80 bits per heavy atom. The molecule has 30 heavy (non-hydrogen) atoms. The van der Waals surface area contributed by atoms with Gasteiger partial charge in [-0.05, 0) is 31.9 Å². The van der Waals surface area contributed by atoms with Gasteiger partial charge < -0.3 is 20.3 Å². The fourth-order valence-corrected chi connectivity index (χ4v) is 4.92. The van der Waals surface area contributed by atoms with E-state index < -0.39 is 0 Å². The lowest BCUT2D eigenvalue weighted by molar-refractivity contribution is -0.161. The zero-order chi connectivity index (χ0) is 20.4. The van der Waals surface area contributed by atoms with Gasteiger partial charge in [0.25, 0.3) is 5.91 Å². The van der Waals surface area contributed by atoms with E-state index in [9.17, 15) is 4.79 Å². The minimum Gasteiger partial charge on any atom is -0.375 e. The first-order valence-corrected chi connectivity index (χ1v) is 11.2. The molecule has 2 aliphatic heterocycles. The number of rotatable bonds is 4. The number of halogens is 2. The van der Waals surface area contributed by atoms with Crippen molar-refractivity contribution in [3.63, 3.8) is 0 Å². The fraction of sp³-hybridized carbons (Fsp3) is 0.550. The molecular weight excluding hydrogens is 445 g/mol. The number of morpholine rings is 1. The third-order valence-corrected chi connectivity index (χ3v) is 6.61. The van der Waals surface area contributed by atoms with Crippen LogP contribution in [0.25, 0.3) is 0 Å². The van der Waals surface area contributed by atoms with E-state index >= 15 is 0 Å². The Hall–Kier alpha value is -1.45. The number of amides is 1. The van der Waals surface area contributed by atoms with E-state index in [1.807, 2.05) is 17.2 Å². The Balaban J connectivity index is 0.00000256. The number of hydrogen-bond donors (Lipinski definition) is 1. The van der Waals surface area contributed by atoms with E-state index in [1.165, 1.54) is 17.5 Å². The van der Waals surface area contributed by atoms with Crippen molar-refractivity contribution in [3.8, 4) is 0 Å². The Labute approximate surface area is 192 Å². The van der Waals surface area contributed by atoms with E-state index in [2.05, 4.69) is 14.9 Å². The number of anilines is 1. The molecule has 2 aliphatic rings. The summed E-state index contributed by atoms with van der Waals surface area (Å²) in [6.45, 7) is 6.10. The van der Waals surface area contributed by atoms with E-state index in [0.717, 1.165) is 44.6 Å². The molecule has 2 aromatic heterocycles. The minimum atomic E-state index is -0.276. The number of aromatic nitrogens is 2. The molecule has 4 heterocycles. The van der Waals surface area contributed by atoms with Gasteiger partial charge in [-0.15, -0.1) is 23.7 Å². The van der Waals surface area contributed by atoms with Crippen LogP contribution in [-0.4, -0.2) is 70.1 Å². The van der Waals surface area contributed by atoms with Crippen molar-refractivity contribution in [3.05, 3.63) is 40.1 Å². The maximum atomic E-state index is 12.9. The van der Waals surface area contributed by atoms with Gasteiger partial charge in [0.05, 0.1) is 29.0 Å². The van der Waals surface area contributed by atoms with Crippen LogP contribution in [0.2, 0.25) is 5.02 Å². The molecule has 1 atom stereocenters. The molecule has 2 N–H and O–H groups in total. The topological polar surface area (TPSA) is 84.6 Å². The first-order valence-electron chi connectivity index (χ1n) is 9.93. The number of nitrogens with two attached hydrogens (primary N) is 1. The van der Waals surface area contributed by atoms with Crippen molar-refractivity contribution in [2.45, 2.75) is 37.9 Å². The minimum absolute atomic E-state index is 0. The largest absolute Gasteiger partial charge is 0.375 e. The number of likely N-dealkylation sites (tertiary alicyclic amines) is 1. The highest BCUT2D eigenvalue weighted by atomic mass is 35.5. The van der Waals surface area contributed by atoms with Gasteiger partial charge in [0.1, 0.15) is 5.69 Å². The number of carbonyl (C=O) groups is 1. The summed E-state index contributed by atoms with van der Waals surface area (Å²) in [5.74, 6) is -0.0558. The zero-order valence-electron chi connectivity index (χ0n) is 16.9. The third kappa shape index (κ3) is 5.42. The summed E-state index contributed by atoms with van der Waals surface area (Å²) in [4.78, 5) is 25.8. The van der Waals surface area contributed by atoms with Crippen molar-refractivity contribution >= 4 is 46.4 Å². The lowest BCUT2D eigenvalue weighted by Gasteiger charge is -2.49. The highest BCUT2D eigenvalue weighted by molar-refractivity contribution is 7.13. The van der Waals surface area contributed by atoms with Crippen LogP contribution in [0.5, 0.6) is 0 Å². The van der Waals surface area contributed by atoms with E-state index in [1.54, 1.807) is 12.1 Å². The van der Waals surface area contributed by atoms with Crippen molar-refractivity contribution in [1.29, 1.82) is 0 Å². The number of pyridine rings is 1. The van der Waals surface area contributed by atoms with Crippen molar-refractivity contribution in [2.75, 3.05) is 38.5 Å². The van der Waals surface area contributed by atoms with Gasteiger partial charge in [-0.3, -0.25) is 4.79 Å². The average Bonchev–Trinajstić information content (AvgIpc) is 3.12. The summed E-state index contributed by atoms with van der Waals surface area (Å²) in [5.41, 5.74) is 6.93. The number of piperidine rings is 1. The molecular formula is C20H27Cl2N5O2S. The molecule has 0 radical (unpaired) electrons. The van der Waals surface area contributed by atoms with Gasteiger partial charge in [0, 0.05) is 44.2 Å². The predicted octanol–water partition coefficient (Wildman–Crippen LogP) is 3.13. The van der Waals surface area contributed by atoms with Crippen LogP contribution < -0.4 is 5.73 Å². The van der Waals surface area contributed by atoms with Crippen LogP contribution in [0.15, 0.2) is 23.7 Å². The summed E-state index contributed by atoms with van der Waals surface area (Å²) in [7, 11) is 0. The van der Waals surface area contributed by atoms with E-state index in [-0.39, 0.29) is 30.0 Å². The molecule has 0 bridgehead atoms. The number of thiazole rings is 1. The molecule has 2 aromatic rings. The Morgan fingerprint density at radius 2 is 2.17 bits per heavy atom. The van der Waals surface area contributed by atoms with Crippen LogP contribution >= 0.6 is 35.3 Å². The normalized spacial score (nSPS) is 21.4. The second-order valence-corrected chi connectivity index (χ2v) is 9.25. The second kappa shape index (κ2) is 9.78. The van der Waals surface area contributed by atoms with Gasteiger partial charge in [0.2, 0.25) is 0 Å². The average molecular weight is 472 g/mol. The summed E-state index contributed by atoms with van der Waals surface area (Å²) >= 11 is 7.39. The highest BCUT2D eigenvalue weighted by Gasteiger charge is 2.43. The molecule has 2 fully saturated rings. The van der Waals surface area contributed by atoms with Gasteiger partial charge >= 0.3 is 0 Å². The monoisotopic (exact) mass is 471 g/mol. The first-order chi connectivity index (χ1) is 13.9. The maximum Gasteiger partial charge on any atom is 0.272 e. The molecule has 1 spiro atoms. The maximum absolute atomic E-state index is 12.9. The summed E-state index contributed by atoms with van der Waals surface area (Å²) in [6.07, 6.45) is 4.25. The molecule has 1 amide bonds. The molecule has 2 saturated heterocycles. The van der Waals surface area contributed by atoms with Gasteiger partial charge in [0.15, 0.2) is 5.13 Å². The van der Waals surface area contributed by atoms with Gasteiger partial charge in [-0.2, -0.15) is 0 Å².